The summed E-state index contributed by atoms with van der Waals surface area (Å²) in [6, 6.07) is 6.95. The summed E-state index contributed by atoms with van der Waals surface area (Å²) in [5.74, 6) is 0.234. The number of nitrogens with zero attached hydrogens (tertiary/aromatic N) is 1. The first-order chi connectivity index (χ1) is 8.88. The summed E-state index contributed by atoms with van der Waals surface area (Å²) >= 11 is 0. The Morgan fingerprint density at radius 1 is 1.32 bits per heavy atom. The molecule has 5 nitrogen and oxygen atoms in total. The molecule has 0 saturated carbocycles. The van der Waals surface area contributed by atoms with Crippen LogP contribution in [0.5, 0.6) is 0 Å². The van der Waals surface area contributed by atoms with E-state index in [0.717, 1.165) is 18.4 Å². The molecule has 19 heavy (non-hydrogen) atoms. The van der Waals surface area contributed by atoms with Gasteiger partial charge in [0.25, 0.3) is 0 Å². The number of rotatable bonds is 2. The monoisotopic (exact) mass is 283 g/mol. The maximum absolute atomic E-state index is 11.5. The minimum absolute atomic E-state index is 0.234. The Labute approximate surface area is 112 Å². The van der Waals surface area contributed by atoms with E-state index < -0.39 is 15.9 Å². The topological polar surface area (TPSA) is 74.7 Å². The zero-order valence-corrected chi connectivity index (χ0v) is 11.6. The van der Waals surface area contributed by atoms with Gasteiger partial charge in [-0.3, -0.25) is 0 Å². The Bertz CT molecular complexity index is 574. The Morgan fingerprint density at radius 3 is 2.47 bits per heavy atom. The average molecular weight is 283 g/mol. The maximum Gasteiger partial charge on any atom is 0.407 e. The van der Waals surface area contributed by atoms with Crippen LogP contribution >= 0.6 is 0 Å². The zero-order chi connectivity index (χ0) is 14.0. The van der Waals surface area contributed by atoms with E-state index in [0.29, 0.717) is 18.0 Å². The van der Waals surface area contributed by atoms with Crippen molar-refractivity contribution in [2.45, 2.75) is 23.7 Å². The fraction of sp³-hybridized carbons (Fsp3) is 0.462. The Balaban J connectivity index is 2.14. The summed E-state index contributed by atoms with van der Waals surface area (Å²) in [5, 5.41) is 8.89. The molecule has 6 heteroatoms. The van der Waals surface area contributed by atoms with Crippen molar-refractivity contribution in [1.82, 2.24) is 4.90 Å². The van der Waals surface area contributed by atoms with Gasteiger partial charge in [0.1, 0.15) is 0 Å². The van der Waals surface area contributed by atoms with Crippen LogP contribution in [0, 0.1) is 0 Å². The predicted molar refractivity (Wildman–Crippen MR) is 71.1 cm³/mol. The lowest BCUT2D eigenvalue weighted by Gasteiger charge is -2.30. The molecule has 1 fully saturated rings. The molecule has 1 aromatic rings. The second-order valence-corrected chi connectivity index (χ2v) is 6.90. The van der Waals surface area contributed by atoms with Crippen LogP contribution in [0.25, 0.3) is 0 Å². The average Bonchev–Trinajstić information content (AvgIpc) is 2.38. The first kappa shape index (κ1) is 13.9. The van der Waals surface area contributed by atoms with Crippen LogP contribution in [0.4, 0.5) is 4.79 Å². The van der Waals surface area contributed by atoms with Crippen LogP contribution in [-0.2, 0) is 9.84 Å². The van der Waals surface area contributed by atoms with Gasteiger partial charge in [0.2, 0.25) is 0 Å². The summed E-state index contributed by atoms with van der Waals surface area (Å²) in [6.45, 7) is 1.01. The quantitative estimate of drug-likeness (QED) is 0.900. The van der Waals surface area contributed by atoms with E-state index in [1.165, 1.54) is 11.2 Å². The van der Waals surface area contributed by atoms with E-state index in [9.17, 15) is 13.2 Å². The van der Waals surface area contributed by atoms with Crippen molar-refractivity contribution in [1.29, 1.82) is 0 Å². The van der Waals surface area contributed by atoms with Crippen LogP contribution in [-0.4, -0.2) is 43.9 Å². The summed E-state index contributed by atoms with van der Waals surface area (Å²) in [4.78, 5) is 12.6. The molecule has 0 atom stereocenters. The lowest BCUT2D eigenvalue weighted by molar-refractivity contribution is 0.132. The van der Waals surface area contributed by atoms with Crippen LogP contribution in [0.2, 0.25) is 0 Å². The van der Waals surface area contributed by atoms with Crippen molar-refractivity contribution < 1.29 is 18.3 Å². The maximum atomic E-state index is 11.5. The Hall–Kier alpha value is -1.56. The van der Waals surface area contributed by atoms with E-state index in [1.807, 2.05) is 6.07 Å². The number of carboxylic acid groups (broad SMARTS) is 1. The molecule has 0 radical (unpaired) electrons. The third-order valence-corrected chi connectivity index (χ3v) is 4.63. The van der Waals surface area contributed by atoms with Crippen molar-refractivity contribution in [3.05, 3.63) is 29.8 Å². The lowest BCUT2D eigenvalue weighted by atomic mass is 9.90. The lowest BCUT2D eigenvalue weighted by Crippen LogP contribution is -2.36. The van der Waals surface area contributed by atoms with Crippen LogP contribution in [0.15, 0.2) is 29.2 Å². The van der Waals surface area contributed by atoms with Gasteiger partial charge in [-0.1, -0.05) is 12.1 Å². The summed E-state index contributed by atoms with van der Waals surface area (Å²) in [6.07, 6.45) is 1.78. The van der Waals surface area contributed by atoms with Crippen LogP contribution in [0.3, 0.4) is 0 Å². The zero-order valence-electron chi connectivity index (χ0n) is 10.7. The third-order valence-electron chi connectivity index (χ3n) is 3.52. The molecule has 1 heterocycles. The smallest absolute Gasteiger partial charge is 0.407 e. The van der Waals surface area contributed by atoms with Gasteiger partial charge >= 0.3 is 6.09 Å². The molecular weight excluding hydrogens is 266 g/mol. The SMILES string of the molecule is CS(=O)(=O)c1cccc(C2CCN(C(=O)O)CC2)c1. The highest BCUT2D eigenvalue weighted by atomic mass is 32.2. The van der Waals surface area contributed by atoms with E-state index >= 15 is 0 Å². The number of carbonyl (C=O) groups is 1. The number of benzene rings is 1. The van der Waals surface area contributed by atoms with Gasteiger partial charge in [-0.15, -0.1) is 0 Å². The van der Waals surface area contributed by atoms with Crippen molar-refractivity contribution >= 4 is 15.9 Å². The van der Waals surface area contributed by atoms with Crippen molar-refractivity contribution in [2.75, 3.05) is 19.3 Å². The van der Waals surface area contributed by atoms with E-state index in [-0.39, 0.29) is 5.92 Å². The van der Waals surface area contributed by atoms with E-state index in [4.69, 9.17) is 5.11 Å². The molecule has 0 spiro atoms. The fourth-order valence-corrected chi connectivity index (χ4v) is 3.08. The standard InChI is InChI=1S/C13H17NO4S/c1-19(17,18)12-4-2-3-11(9-12)10-5-7-14(8-6-10)13(15)16/h2-4,9-10H,5-8H2,1H3,(H,15,16). The largest absolute Gasteiger partial charge is 0.465 e. The third kappa shape index (κ3) is 3.26. The number of sulfone groups is 1. The normalized spacial score (nSPS) is 17.4. The fourth-order valence-electron chi connectivity index (χ4n) is 2.40. The van der Waals surface area contributed by atoms with Crippen molar-refractivity contribution in [3.8, 4) is 0 Å². The molecule has 0 aliphatic carbocycles. The van der Waals surface area contributed by atoms with Gasteiger partial charge < -0.3 is 10.0 Å². The first-order valence-corrected chi connectivity index (χ1v) is 8.05. The highest BCUT2D eigenvalue weighted by molar-refractivity contribution is 7.90. The minimum atomic E-state index is -3.19. The summed E-state index contributed by atoms with van der Waals surface area (Å²) < 4.78 is 23.0. The van der Waals surface area contributed by atoms with Gasteiger partial charge in [0.15, 0.2) is 9.84 Å². The molecular formula is C13H17NO4S. The Morgan fingerprint density at radius 2 is 1.95 bits per heavy atom. The molecule has 0 unspecified atom stereocenters. The second-order valence-electron chi connectivity index (χ2n) is 4.89. The van der Waals surface area contributed by atoms with E-state index in [2.05, 4.69) is 0 Å². The van der Waals surface area contributed by atoms with Crippen molar-refractivity contribution in [2.24, 2.45) is 0 Å². The van der Waals surface area contributed by atoms with Crippen LogP contribution in [0.1, 0.15) is 24.3 Å². The van der Waals surface area contributed by atoms with Gasteiger partial charge in [-0.05, 0) is 36.5 Å². The molecule has 2 rings (SSSR count). The number of hydrogen-bond acceptors (Lipinski definition) is 3. The summed E-state index contributed by atoms with van der Waals surface area (Å²) in [7, 11) is -3.19. The molecule has 1 N–H and O–H groups in total. The molecule has 0 aromatic heterocycles. The molecule has 1 aliphatic rings. The number of likely N-dealkylation sites (tertiary alicyclic amines) is 1. The van der Waals surface area contributed by atoms with Gasteiger partial charge in [0, 0.05) is 19.3 Å². The number of piperidine rings is 1. The molecule has 1 aromatic carbocycles. The van der Waals surface area contributed by atoms with Gasteiger partial charge in [0.05, 0.1) is 4.90 Å². The number of hydrogen-bond donors (Lipinski definition) is 1. The van der Waals surface area contributed by atoms with E-state index in [1.54, 1.807) is 18.2 Å². The summed E-state index contributed by atoms with van der Waals surface area (Å²) in [5.41, 5.74) is 0.980. The molecule has 104 valence electrons. The molecule has 1 aliphatic heterocycles. The first-order valence-electron chi connectivity index (χ1n) is 6.16. The second kappa shape index (κ2) is 5.21. The molecule has 1 saturated heterocycles. The molecule has 0 bridgehead atoms. The van der Waals surface area contributed by atoms with Crippen molar-refractivity contribution in [3.63, 3.8) is 0 Å². The highest BCUT2D eigenvalue weighted by Crippen LogP contribution is 2.29. The van der Waals surface area contributed by atoms with Crippen LogP contribution < -0.4 is 0 Å². The minimum Gasteiger partial charge on any atom is -0.465 e. The predicted octanol–water partition coefficient (Wildman–Crippen LogP) is 1.95. The molecule has 1 amide bonds. The Kier molecular flexibility index (Phi) is 3.80. The number of amides is 1. The van der Waals surface area contributed by atoms with Gasteiger partial charge in [-0.2, -0.15) is 0 Å². The van der Waals surface area contributed by atoms with Gasteiger partial charge in [-0.25, -0.2) is 13.2 Å². The highest BCUT2D eigenvalue weighted by Gasteiger charge is 2.23.